The molecule has 1 rings (SSSR count). The lowest BCUT2D eigenvalue weighted by Crippen LogP contribution is -2.39. The van der Waals surface area contributed by atoms with E-state index in [0.29, 0.717) is 13.2 Å². The Morgan fingerprint density at radius 1 is 1.39 bits per heavy atom. The number of nitrogen functional groups attached to an aromatic ring is 1. The lowest BCUT2D eigenvalue weighted by atomic mass is 10.1. The van der Waals surface area contributed by atoms with Crippen LogP contribution in [0.2, 0.25) is 0 Å². The van der Waals surface area contributed by atoms with Gasteiger partial charge < -0.3 is 10.5 Å². The largest absolute Gasteiger partial charge is 0.465 e. The van der Waals surface area contributed by atoms with Crippen LogP contribution in [0.3, 0.4) is 0 Å². The van der Waals surface area contributed by atoms with Gasteiger partial charge >= 0.3 is 5.97 Å². The lowest BCUT2D eigenvalue weighted by Gasteiger charge is -2.26. The van der Waals surface area contributed by atoms with Gasteiger partial charge in [-0.3, -0.25) is 9.69 Å². The molecule has 1 atom stereocenters. The van der Waals surface area contributed by atoms with E-state index in [0.717, 1.165) is 17.8 Å². The number of ether oxygens (including phenoxy) is 1. The molecule has 0 amide bonds. The second-order valence-corrected chi connectivity index (χ2v) is 4.19. The van der Waals surface area contributed by atoms with E-state index >= 15 is 0 Å². The predicted octanol–water partition coefficient (Wildman–Crippen LogP) is 2.04. The molecule has 1 unspecified atom stereocenters. The zero-order valence-electron chi connectivity index (χ0n) is 11.3. The summed E-state index contributed by atoms with van der Waals surface area (Å²) in [5.41, 5.74) is 7.71. The van der Waals surface area contributed by atoms with Crippen molar-refractivity contribution in [3.63, 3.8) is 0 Å². The Morgan fingerprint density at radius 3 is 2.61 bits per heavy atom. The van der Waals surface area contributed by atoms with E-state index in [-0.39, 0.29) is 12.0 Å². The molecule has 4 nitrogen and oxygen atoms in total. The molecule has 1 aromatic carbocycles. The molecule has 0 aliphatic rings. The first-order valence-corrected chi connectivity index (χ1v) is 6.34. The van der Waals surface area contributed by atoms with Gasteiger partial charge in [-0.05, 0) is 32.0 Å². The van der Waals surface area contributed by atoms with Crippen LogP contribution in [0.25, 0.3) is 0 Å². The molecular formula is C14H22N2O2. The highest BCUT2D eigenvalue weighted by Crippen LogP contribution is 2.15. The minimum absolute atomic E-state index is 0.186. The van der Waals surface area contributed by atoms with Crippen molar-refractivity contribution in [3.05, 3.63) is 29.8 Å². The van der Waals surface area contributed by atoms with Crippen molar-refractivity contribution in [1.82, 2.24) is 4.90 Å². The minimum atomic E-state index is -0.255. The average molecular weight is 250 g/mol. The Morgan fingerprint density at radius 2 is 2.06 bits per heavy atom. The first-order chi connectivity index (χ1) is 8.60. The summed E-state index contributed by atoms with van der Waals surface area (Å²) in [4.78, 5) is 13.8. The molecule has 0 fully saturated rings. The van der Waals surface area contributed by atoms with Gasteiger partial charge in [0.05, 0.1) is 6.61 Å². The van der Waals surface area contributed by atoms with E-state index in [1.54, 1.807) is 0 Å². The molecular weight excluding hydrogens is 228 g/mol. The summed E-state index contributed by atoms with van der Waals surface area (Å²) >= 11 is 0. The number of esters is 1. The van der Waals surface area contributed by atoms with Crippen molar-refractivity contribution in [3.8, 4) is 0 Å². The number of nitrogens with two attached hydrogens (primary N) is 1. The first-order valence-electron chi connectivity index (χ1n) is 6.34. The van der Waals surface area contributed by atoms with Crippen LogP contribution >= 0.6 is 0 Å². The third kappa shape index (κ3) is 3.74. The van der Waals surface area contributed by atoms with Crippen LogP contribution in [-0.2, 0) is 16.1 Å². The van der Waals surface area contributed by atoms with E-state index in [4.69, 9.17) is 10.5 Å². The molecule has 0 aromatic heterocycles. The Balaban J connectivity index is 2.73. The molecule has 0 spiro atoms. The molecule has 0 aliphatic heterocycles. The van der Waals surface area contributed by atoms with Crippen molar-refractivity contribution in [2.24, 2.45) is 0 Å². The third-order valence-corrected chi connectivity index (χ3v) is 3.01. The number of hydrogen-bond acceptors (Lipinski definition) is 4. The number of para-hydroxylation sites is 1. The monoisotopic (exact) mass is 250 g/mol. The molecule has 0 heterocycles. The van der Waals surface area contributed by atoms with Crippen molar-refractivity contribution >= 4 is 11.7 Å². The second kappa shape index (κ2) is 7.01. The van der Waals surface area contributed by atoms with Crippen molar-refractivity contribution < 1.29 is 9.53 Å². The molecule has 0 radical (unpaired) electrons. The van der Waals surface area contributed by atoms with Gasteiger partial charge in [0.2, 0.25) is 0 Å². The van der Waals surface area contributed by atoms with Crippen LogP contribution in [0.4, 0.5) is 5.69 Å². The number of carbonyl (C=O) groups excluding carboxylic acids is 1. The summed E-state index contributed by atoms with van der Waals surface area (Å²) in [6.07, 6.45) is 0. The number of benzene rings is 1. The number of likely N-dealkylation sites (N-methyl/N-ethyl adjacent to an activating group) is 1. The zero-order chi connectivity index (χ0) is 13.5. The quantitative estimate of drug-likeness (QED) is 0.620. The summed E-state index contributed by atoms with van der Waals surface area (Å²) < 4.78 is 5.04. The smallest absolute Gasteiger partial charge is 0.323 e. The molecule has 0 bridgehead atoms. The summed E-state index contributed by atoms with van der Waals surface area (Å²) in [7, 11) is 0. The number of carbonyl (C=O) groups is 1. The Hall–Kier alpha value is -1.55. The Labute approximate surface area is 109 Å². The Bertz CT molecular complexity index is 393. The first kappa shape index (κ1) is 14.5. The fraction of sp³-hybridized carbons (Fsp3) is 0.500. The van der Waals surface area contributed by atoms with Gasteiger partial charge in [-0.2, -0.15) is 0 Å². The van der Waals surface area contributed by atoms with E-state index in [1.165, 1.54) is 0 Å². The molecule has 0 aliphatic carbocycles. The molecule has 4 heteroatoms. The zero-order valence-corrected chi connectivity index (χ0v) is 11.3. The average Bonchev–Trinajstić information content (AvgIpc) is 2.37. The number of anilines is 1. The number of rotatable bonds is 6. The van der Waals surface area contributed by atoms with E-state index < -0.39 is 0 Å². The van der Waals surface area contributed by atoms with Crippen molar-refractivity contribution in [2.45, 2.75) is 33.4 Å². The minimum Gasteiger partial charge on any atom is -0.465 e. The maximum absolute atomic E-state index is 11.7. The maximum atomic E-state index is 11.7. The highest BCUT2D eigenvalue weighted by Gasteiger charge is 2.21. The van der Waals surface area contributed by atoms with Gasteiger partial charge in [0, 0.05) is 12.2 Å². The van der Waals surface area contributed by atoms with E-state index in [1.807, 2.05) is 49.9 Å². The molecule has 0 saturated heterocycles. The number of hydrogen-bond donors (Lipinski definition) is 1. The van der Waals surface area contributed by atoms with E-state index in [2.05, 4.69) is 0 Å². The van der Waals surface area contributed by atoms with Crippen molar-refractivity contribution in [1.29, 1.82) is 0 Å². The van der Waals surface area contributed by atoms with Gasteiger partial charge in [0.25, 0.3) is 0 Å². The fourth-order valence-corrected chi connectivity index (χ4v) is 1.83. The SMILES string of the molecule is CCOC(=O)C(C)N(CC)Cc1ccccc1N. The maximum Gasteiger partial charge on any atom is 0.323 e. The fourth-order valence-electron chi connectivity index (χ4n) is 1.83. The standard InChI is InChI=1S/C14H22N2O2/c1-4-16(11(3)14(17)18-5-2)10-12-8-6-7-9-13(12)15/h6-9,11H,4-5,10,15H2,1-3H3. The second-order valence-electron chi connectivity index (χ2n) is 4.19. The molecule has 0 saturated carbocycles. The molecule has 2 N–H and O–H groups in total. The summed E-state index contributed by atoms with van der Waals surface area (Å²) in [6, 6.07) is 7.46. The van der Waals surface area contributed by atoms with E-state index in [9.17, 15) is 4.79 Å². The van der Waals surface area contributed by atoms with Crippen LogP contribution in [0.15, 0.2) is 24.3 Å². The van der Waals surface area contributed by atoms with Crippen LogP contribution < -0.4 is 5.73 Å². The molecule has 1 aromatic rings. The van der Waals surface area contributed by atoms with Gasteiger partial charge in [0.15, 0.2) is 0 Å². The van der Waals surface area contributed by atoms with Gasteiger partial charge in [-0.25, -0.2) is 0 Å². The van der Waals surface area contributed by atoms with Crippen LogP contribution in [0, 0.1) is 0 Å². The molecule has 18 heavy (non-hydrogen) atoms. The predicted molar refractivity (Wildman–Crippen MR) is 73.0 cm³/mol. The van der Waals surface area contributed by atoms with Crippen LogP contribution in [0.5, 0.6) is 0 Å². The lowest BCUT2D eigenvalue weighted by molar-refractivity contribution is -0.149. The topological polar surface area (TPSA) is 55.6 Å². The van der Waals surface area contributed by atoms with Crippen LogP contribution in [-0.4, -0.2) is 30.1 Å². The highest BCUT2D eigenvalue weighted by atomic mass is 16.5. The van der Waals surface area contributed by atoms with Gasteiger partial charge in [-0.15, -0.1) is 0 Å². The highest BCUT2D eigenvalue weighted by molar-refractivity contribution is 5.75. The summed E-state index contributed by atoms with van der Waals surface area (Å²) in [5, 5.41) is 0. The van der Waals surface area contributed by atoms with Gasteiger partial charge in [0.1, 0.15) is 6.04 Å². The third-order valence-electron chi connectivity index (χ3n) is 3.01. The normalized spacial score (nSPS) is 12.4. The van der Waals surface area contributed by atoms with Crippen LogP contribution in [0.1, 0.15) is 26.3 Å². The van der Waals surface area contributed by atoms with Gasteiger partial charge in [-0.1, -0.05) is 25.1 Å². The summed E-state index contributed by atoms with van der Waals surface area (Å²) in [5.74, 6) is -0.186. The molecule has 100 valence electrons. The Kier molecular flexibility index (Phi) is 5.65. The number of nitrogens with zero attached hydrogens (tertiary/aromatic N) is 1. The van der Waals surface area contributed by atoms with Crippen molar-refractivity contribution in [2.75, 3.05) is 18.9 Å². The summed E-state index contributed by atoms with van der Waals surface area (Å²) in [6.45, 7) is 7.54.